The van der Waals surface area contributed by atoms with Crippen LogP contribution in [0.15, 0.2) is 30.5 Å². The summed E-state index contributed by atoms with van der Waals surface area (Å²) in [5, 5.41) is 0. The number of allylic oxidation sites excluding steroid dienone is 1. The maximum absolute atomic E-state index is 11.7. The normalized spacial score (nSPS) is 13.7. The van der Waals surface area contributed by atoms with E-state index in [-0.39, 0.29) is 5.78 Å². The molecule has 1 aromatic carbocycles. The SMILES string of the molecule is CCO/C=C/C(=O)c1ccc2c(c1)OCCO2. The van der Waals surface area contributed by atoms with E-state index in [1.54, 1.807) is 18.2 Å². The summed E-state index contributed by atoms with van der Waals surface area (Å²) < 4.78 is 15.8. The lowest BCUT2D eigenvalue weighted by Crippen LogP contribution is -2.15. The van der Waals surface area contributed by atoms with Gasteiger partial charge in [0.2, 0.25) is 0 Å². The van der Waals surface area contributed by atoms with Crippen LogP contribution in [-0.2, 0) is 4.74 Å². The van der Waals surface area contributed by atoms with E-state index in [0.717, 1.165) is 0 Å². The van der Waals surface area contributed by atoms with E-state index in [1.807, 2.05) is 6.92 Å². The van der Waals surface area contributed by atoms with Gasteiger partial charge in [0.05, 0.1) is 12.9 Å². The summed E-state index contributed by atoms with van der Waals surface area (Å²) in [5.74, 6) is 1.18. The number of hydrogen-bond acceptors (Lipinski definition) is 4. The second-order valence-corrected chi connectivity index (χ2v) is 3.48. The molecule has 4 heteroatoms. The standard InChI is InChI=1S/C13H14O4/c1-2-15-6-5-11(14)10-3-4-12-13(9-10)17-8-7-16-12/h3-6,9H,2,7-8H2,1H3/b6-5+. The van der Waals surface area contributed by atoms with Crippen molar-refractivity contribution in [2.24, 2.45) is 0 Å². The van der Waals surface area contributed by atoms with E-state index >= 15 is 0 Å². The summed E-state index contributed by atoms with van der Waals surface area (Å²) in [5.41, 5.74) is 0.560. The van der Waals surface area contributed by atoms with E-state index in [9.17, 15) is 4.79 Å². The number of rotatable bonds is 4. The summed E-state index contributed by atoms with van der Waals surface area (Å²) in [4.78, 5) is 11.7. The van der Waals surface area contributed by atoms with Crippen molar-refractivity contribution in [2.45, 2.75) is 6.92 Å². The Morgan fingerprint density at radius 2 is 2.12 bits per heavy atom. The molecule has 90 valence electrons. The van der Waals surface area contributed by atoms with Crippen LogP contribution >= 0.6 is 0 Å². The molecule has 0 N–H and O–H groups in total. The predicted molar refractivity (Wildman–Crippen MR) is 62.5 cm³/mol. The van der Waals surface area contributed by atoms with Crippen molar-refractivity contribution in [3.8, 4) is 11.5 Å². The first-order valence-electron chi connectivity index (χ1n) is 5.53. The Kier molecular flexibility index (Phi) is 3.65. The highest BCUT2D eigenvalue weighted by molar-refractivity contribution is 6.04. The molecule has 0 saturated carbocycles. The van der Waals surface area contributed by atoms with Gasteiger partial charge in [0.15, 0.2) is 17.3 Å². The predicted octanol–water partition coefficient (Wildman–Crippen LogP) is 2.19. The van der Waals surface area contributed by atoms with Crippen LogP contribution in [0, 0.1) is 0 Å². The van der Waals surface area contributed by atoms with Gasteiger partial charge in [-0.15, -0.1) is 0 Å². The van der Waals surface area contributed by atoms with Crippen molar-refractivity contribution in [1.82, 2.24) is 0 Å². The molecule has 1 aliphatic rings. The first kappa shape index (κ1) is 11.5. The molecule has 17 heavy (non-hydrogen) atoms. The van der Waals surface area contributed by atoms with Crippen LogP contribution in [0.3, 0.4) is 0 Å². The molecular formula is C13H14O4. The molecular weight excluding hydrogens is 220 g/mol. The fourth-order valence-corrected chi connectivity index (χ4v) is 1.50. The van der Waals surface area contributed by atoms with Gasteiger partial charge in [-0.1, -0.05) is 0 Å². The van der Waals surface area contributed by atoms with Gasteiger partial charge >= 0.3 is 0 Å². The monoisotopic (exact) mass is 234 g/mol. The molecule has 0 bridgehead atoms. The fourth-order valence-electron chi connectivity index (χ4n) is 1.50. The number of fused-ring (bicyclic) bond motifs is 1. The van der Waals surface area contributed by atoms with E-state index < -0.39 is 0 Å². The van der Waals surface area contributed by atoms with E-state index in [1.165, 1.54) is 12.3 Å². The Morgan fingerprint density at radius 3 is 2.88 bits per heavy atom. The van der Waals surface area contributed by atoms with Gasteiger partial charge in [-0.25, -0.2) is 0 Å². The number of carbonyl (C=O) groups is 1. The highest BCUT2D eigenvalue weighted by Crippen LogP contribution is 2.30. The summed E-state index contributed by atoms with van der Waals surface area (Å²) in [6.07, 6.45) is 2.80. The third kappa shape index (κ3) is 2.78. The van der Waals surface area contributed by atoms with Crippen molar-refractivity contribution in [3.63, 3.8) is 0 Å². The summed E-state index contributed by atoms with van der Waals surface area (Å²) >= 11 is 0. The molecule has 0 fully saturated rings. The first-order chi connectivity index (χ1) is 8.31. The van der Waals surface area contributed by atoms with Crippen molar-refractivity contribution in [3.05, 3.63) is 36.1 Å². The van der Waals surface area contributed by atoms with Crippen LogP contribution in [0.25, 0.3) is 0 Å². The smallest absolute Gasteiger partial charge is 0.189 e. The Morgan fingerprint density at radius 1 is 1.35 bits per heavy atom. The van der Waals surface area contributed by atoms with E-state index in [4.69, 9.17) is 14.2 Å². The van der Waals surface area contributed by atoms with E-state index in [0.29, 0.717) is 36.9 Å². The lowest BCUT2D eigenvalue weighted by atomic mass is 10.1. The highest BCUT2D eigenvalue weighted by Gasteiger charge is 2.13. The molecule has 0 saturated heterocycles. The first-order valence-corrected chi connectivity index (χ1v) is 5.53. The maximum Gasteiger partial charge on any atom is 0.189 e. The van der Waals surface area contributed by atoms with Gasteiger partial charge in [-0.3, -0.25) is 4.79 Å². The van der Waals surface area contributed by atoms with Gasteiger partial charge in [0, 0.05) is 11.6 Å². The van der Waals surface area contributed by atoms with Gasteiger partial charge in [0.25, 0.3) is 0 Å². The molecule has 0 unspecified atom stereocenters. The zero-order chi connectivity index (χ0) is 12.1. The molecule has 0 amide bonds. The van der Waals surface area contributed by atoms with Crippen LogP contribution in [0.4, 0.5) is 0 Å². The molecule has 0 radical (unpaired) electrons. The molecule has 1 heterocycles. The van der Waals surface area contributed by atoms with Crippen molar-refractivity contribution >= 4 is 5.78 Å². The largest absolute Gasteiger partial charge is 0.501 e. The minimum absolute atomic E-state index is 0.115. The maximum atomic E-state index is 11.7. The number of carbonyl (C=O) groups excluding carboxylic acids is 1. The van der Waals surface area contributed by atoms with Crippen molar-refractivity contribution in [1.29, 1.82) is 0 Å². The van der Waals surface area contributed by atoms with Crippen LogP contribution < -0.4 is 9.47 Å². The van der Waals surface area contributed by atoms with Crippen LogP contribution in [-0.4, -0.2) is 25.6 Å². The van der Waals surface area contributed by atoms with Crippen LogP contribution in [0.5, 0.6) is 11.5 Å². The number of hydrogen-bond donors (Lipinski definition) is 0. The van der Waals surface area contributed by atoms with Crippen LogP contribution in [0.2, 0.25) is 0 Å². The van der Waals surface area contributed by atoms with Crippen molar-refractivity contribution in [2.75, 3.05) is 19.8 Å². The average molecular weight is 234 g/mol. The molecule has 0 spiro atoms. The Balaban J connectivity index is 2.13. The minimum atomic E-state index is -0.115. The van der Waals surface area contributed by atoms with Gasteiger partial charge < -0.3 is 14.2 Å². The Labute approximate surface area is 99.8 Å². The number of ketones is 1. The molecule has 0 aromatic heterocycles. The second kappa shape index (κ2) is 5.39. The molecule has 1 aromatic rings. The highest BCUT2D eigenvalue weighted by atomic mass is 16.6. The van der Waals surface area contributed by atoms with Gasteiger partial charge in [-0.2, -0.15) is 0 Å². The average Bonchev–Trinajstić information content (AvgIpc) is 2.38. The second-order valence-electron chi connectivity index (χ2n) is 3.48. The summed E-state index contributed by atoms with van der Waals surface area (Å²) in [7, 11) is 0. The number of ether oxygens (including phenoxy) is 3. The lowest BCUT2D eigenvalue weighted by Gasteiger charge is -2.18. The lowest BCUT2D eigenvalue weighted by molar-refractivity contribution is 0.104. The van der Waals surface area contributed by atoms with Gasteiger partial charge in [0.1, 0.15) is 13.2 Å². The quantitative estimate of drug-likeness (QED) is 0.455. The number of benzene rings is 1. The fraction of sp³-hybridized carbons (Fsp3) is 0.308. The minimum Gasteiger partial charge on any atom is -0.501 e. The van der Waals surface area contributed by atoms with Crippen molar-refractivity contribution < 1.29 is 19.0 Å². The van der Waals surface area contributed by atoms with E-state index in [2.05, 4.69) is 0 Å². The van der Waals surface area contributed by atoms with Crippen LogP contribution in [0.1, 0.15) is 17.3 Å². The Hall–Kier alpha value is -1.97. The zero-order valence-electron chi connectivity index (χ0n) is 9.64. The molecule has 2 rings (SSSR count). The van der Waals surface area contributed by atoms with Gasteiger partial charge in [-0.05, 0) is 25.1 Å². The third-order valence-electron chi connectivity index (χ3n) is 2.31. The summed E-state index contributed by atoms with van der Waals surface area (Å²) in [6, 6.07) is 5.15. The third-order valence-corrected chi connectivity index (χ3v) is 2.31. The molecule has 1 aliphatic heterocycles. The summed E-state index contributed by atoms with van der Waals surface area (Å²) in [6.45, 7) is 3.47. The molecule has 0 atom stereocenters. The molecule has 4 nitrogen and oxygen atoms in total. The zero-order valence-corrected chi connectivity index (χ0v) is 9.64. The Bertz CT molecular complexity index is 437. The molecule has 0 aliphatic carbocycles. The topological polar surface area (TPSA) is 44.8 Å².